The molecule has 3 aromatic rings. The van der Waals surface area contributed by atoms with E-state index < -0.39 is 26.5 Å². The molecule has 0 unspecified atom stereocenters. The van der Waals surface area contributed by atoms with Crippen molar-refractivity contribution < 1.29 is 59.8 Å². The first-order valence-electron chi connectivity index (χ1n) is 26.0. The molecule has 0 amide bonds. The standard InChI is InChI=1S/C58H76B2F4O9/c1-6-9-12-15-18-21-40-69-56-45-57(70-41-22-19-16-13-10-7-2)55(39-31-49(66)44-53(73-60(63)64)37-29-47-26-34-51(68-5)35-27-47)58(71-42-23-20-17-14-11-8-3)54(56)38-30-48(65)43-52(72-59(61)62)36-28-46-24-32-50(67-4)33-25-46/h24-39,43-45H,6-23,40-42H2,1-5H3/b36-28+,37-29+,38-30+,39-31+,52-43-,53-44-. The van der Waals surface area contributed by atoms with Crippen LogP contribution in [0.25, 0.3) is 24.3 Å². The molecule has 3 aromatic carbocycles. The lowest BCUT2D eigenvalue weighted by Gasteiger charge is -2.21. The summed E-state index contributed by atoms with van der Waals surface area (Å²) in [6.07, 6.45) is 31.1. The average molecular weight is 1010 g/mol. The molecular weight excluding hydrogens is 938 g/mol. The van der Waals surface area contributed by atoms with Gasteiger partial charge in [0.25, 0.3) is 0 Å². The minimum Gasteiger partial charge on any atom is -0.505 e. The molecule has 0 N–H and O–H groups in total. The van der Waals surface area contributed by atoms with Crippen LogP contribution in [0.4, 0.5) is 17.3 Å². The number of allylic oxidation sites excluding steroid dienone is 6. The van der Waals surface area contributed by atoms with Gasteiger partial charge in [0.05, 0.1) is 45.2 Å². The highest BCUT2D eigenvalue weighted by Crippen LogP contribution is 2.42. The van der Waals surface area contributed by atoms with Crippen molar-refractivity contribution in [3.63, 3.8) is 0 Å². The quantitative estimate of drug-likeness (QED) is 0.0138. The van der Waals surface area contributed by atoms with Crippen LogP contribution in [0.2, 0.25) is 0 Å². The first kappa shape index (κ1) is 61.2. The number of rotatable bonds is 40. The smallest absolute Gasteiger partial charge is 0.505 e. The number of carbonyl (C=O) groups excluding carboxylic acids is 2. The van der Waals surface area contributed by atoms with Gasteiger partial charge in [-0.3, -0.25) is 9.59 Å². The lowest BCUT2D eigenvalue weighted by molar-refractivity contribution is -0.111. The van der Waals surface area contributed by atoms with Gasteiger partial charge in [0.1, 0.15) is 40.3 Å². The third-order valence-electron chi connectivity index (χ3n) is 11.5. The van der Waals surface area contributed by atoms with Gasteiger partial charge in [-0.1, -0.05) is 154 Å². The second-order valence-electron chi connectivity index (χ2n) is 17.4. The van der Waals surface area contributed by atoms with Crippen molar-refractivity contribution in [3.05, 3.63) is 125 Å². The zero-order valence-electron chi connectivity index (χ0n) is 43.7. The van der Waals surface area contributed by atoms with Crippen molar-refractivity contribution >= 4 is 50.8 Å². The lowest BCUT2D eigenvalue weighted by atomic mass is 10.0. The molecule has 0 radical (unpaired) electrons. The van der Waals surface area contributed by atoms with E-state index in [0.29, 0.717) is 64.9 Å². The van der Waals surface area contributed by atoms with E-state index in [-0.39, 0.29) is 23.9 Å². The van der Waals surface area contributed by atoms with Gasteiger partial charge in [-0.25, -0.2) is 17.3 Å². The Bertz CT molecular complexity index is 2080. The van der Waals surface area contributed by atoms with E-state index in [9.17, 15) is 26.9 Å². The maximum Gasteiger partial charge on any atom is 0.796 e. The van der Waals surface area contributed by atoms with E-state index in [1.165, 1.54) is 62.8 Å². The Balaban J connectivity index is 2.22. The highest BCUT2D eigenvalue weighted by Gasteiger charge is 2.22. The Hall–Kier alpha value is -6.11. The van der Waals surface area contributed by atoms with Gasteiger partial charge in [0, 0.05) is 18.2 Å². The molecule has 3 rings (SSSR count). The monoisotopic (exact) mass is 1010 g/mol. The fraction of sp³-hybridized carbons (Fsp3) is 0.448. The third kappa shape index (κ3) is 26.4. The zero-order chi connectivity index (χ0) is 52.9. The van der Waals surface area contributed by atoms with Crippen LogP contribution < -0.4 is 23.7 Å². The van der Waals surface area contributed by atoms with Crippen LogP contribution in [-0.2, 0) is 18.9 Å². The predicted octanol–water partition coefficient (Wildman–Crippen LogP) is 16.2. The minimum atomic E-state index is -3.20. The Morgan fingerprint density at radius 2 is 0.795 bits per heavy atom. The van der Waals surface area contributed by atoms with E-state index in [2.05, 4.69) is 20.8 Å². The van der Waals surface area contributed by atoms with Gasteiger partial charge in [0.15, 0.2) is 11.6 Å². The number of halogens is 4. The molecule has 0 bridgehead atoms. The van der Waals surface area contributed by atoms with Crippen LogP contribution in [-0.4, -0.2) is 60.5 Å². The predicted molar refractivity (Wildman–Crippen MR) is 289 cm³/mol. The summed E-state index contributed by atoms with van der Waals surface area (Å²) in [5.41, 5.74) is 2.01. The molecule has 0 heterocycles. The van der Waals surface area contributed by atoms with E-state index in [1.807, 2.05) is 0 Å². The topological polar surface area (TPSA) is 98.8 Å². The number of ketones is 2. The van der Waals surface area contributed by atoms with E-state index in [4.69, 9.17) is 33.0 Å². The number of carbonyl (C=O) groups is 2. The third-order valence-corrected chi connectivity index (χ3v) is 11.5. The fourth-order valence-corrected chi connectivity index (χ4v) is 7.48. The van der Waals surface area contributed by atoms with Crippen LogP contribution in [0.1, 0.15) is 159 Å². The molecule has 73 heavy (non-hydrogen) atoms. The normalized spacial score (nSPS) is 12.0. The van der Waals surface area contributed by atoms with Gasteiger partial charge in [0.2, 0.25) is 0 Å². The van der Waals surface area contributed by atoms with Gasteiger partial charge in [-0.05, 0) is 91.1 Å². The minimum absolute atomic E-state index is 0.250. The summed E-state index contributed by atoms with van der Waals surface area (Å²) in [4.78, 5) is 27.4. The largest absolute Gasteiger partial charge is 0.796 e. The molecule has 0 spiro atoms. The zero-order valence-corrected chi connectivity index (χ0v) is 43.7. The Labute approximate surface area is 433 Å². The molecule has 15 heteroatoms. The maximum absolute atomic E-state index is 13.7. The molecule has 0 saturated heterocycles. The van der Waals surface area contributed by atoms with Crippen LogP contribution >= 0.6 is 0 Å². The molecule has 0 aliphatic carbocycles. The SMILES string of the molecule is CCCCCCCCOc1cc(OCCCCCCCC)c(/C=C/C(=O)/C=C(/C=C/c2ccc(OC)cc2)OB(F)F)c(OCCCCCCCC)c1/C=C/C(=O)/C=C(/C=C/c1ccc(OC)cc1)OB(F)F. The van der Waals surface area contributed by atoms with Crippen molar-refractivity contribution in [2.75, 3.05) is 34.0 Å². The van der Waals surface area contributed by atoms with Crippen molar-refractivity contribution in [3.8, 4) is 28.7 Å². The molecule has 0 aromatic heterocycles. The summed E-state index contributed by atoms with van der Waals surface area (Å²) in [5.74, 6) is 0.0862. The van der Waals surface area contributed by atoms with Gasteiger partial charge >= 0.3 is 14.9 Å². The Kier molecular flexibility index (Phi) is 31.5. The van der Waals surface area contributed by atoms with Gasteiger partial charge in [-0.2, -0.15) is 0 Å². The van der Waals surface area contributed by atoms with Crippen molar-refractivity contribution in [1.29, 1.82) is 0 Å². The number of hydrogen-bond acceptors (Lipinski definition) is 9. The number of methoxy groups -OCH3 is 2. The maximum atomic E-state index is 13.7. The molecule has 396 valence electrons. The van der Waals surface area contributed by atoms with Crippen LogP contribution in [0.3, 0.4) is 0 Å². The van der Waals surface area contributed by atoms with E-state index in [1.54, 1.807) is 54.6 Å². The van der Waals surface area contributed by atoms with Crippen LogP contribution in [0, 0.1) is 0 Å². The number of ether oxygens (including phenoxy) is 5. The molecule has 0 atom stereocenters. The first-order chi connectivity index (χ1) is 35.5. The molecule has 0 saturated carbocycles. The lowest BCUT2D eigenvalue weighted by Crippen LogP contribution is -2.08. The van der Waals surface area contributed by atoms with Crippen molar-refractivity contribution in [1.82, 2.24) is 0 Å². The summed E-state index contributed by atoms with van der Waals surface area (Å²) < 4.78 is 94.2. The summed E-state index contributed by atoms with van der Waals surface area (Å²) in [6.45, 7) is 7.42. The number of unbranched alkanes of at least 4 members (excludes halogenated alkanes) is 15. The summed E-state index contributed by atoms with van der Waals surface area (Å²) in [7, 11) is -3.34. The molecule has 0 fully saturated rings. The summed E-state index contributed by atoms with van der Waals surface area (Å²) in [6, 6.07) is 15.5. The average Bonchev–Trinajstić information content (AvgIpc) is 3.38. The second kappa shape index (κ2) is 37.6. The number of benzene rings is 3. The molecule has 0 aliphatic heterocycles. The highest BCUT2D eigenvalue weighted by atomic mass is 19.2. The van der Waals surface area contributed by atoms with Crippen LogP contribution in [0.15, 0.2) is 103 Å². The van der Waals surface area contributed by atoms with Crippen LogP contribution in [0.5, 0.6) is 28.7 Å². The Morgan fingerprint density at radius 3 is 1.14 bits per heavy atom. The summed E-state index contributed by atoms with van der Waals surface area (Å²) >= 11 is 0. The molecular formula is C58H76B2F4O9. The van der Waals surface area contributed by atoms with Gasteiger partial charge < -0.3 is 33.0 Å². The molecule has 9 nitrogen and oxygen atoms in total. The van der Waals surface area contributed by atoms with Gasteiger partial charge in [-0.15, -0.1) is 0 Å². The fourth-order valence-electron chi connectivity index (χ4n) is 7.48. The highest BCUT2D eigenvalue weighted by molar-refractivity contribution is 6.35. The second-order valence-corrected chi connectivity index (χ2v) is 17.4. The van der Waals surface area contributed by atoms with Crippen molar-refractivity contribution in [2.45, 2.75) is 136 Å². The van der Waals surface area contributed by atoms with E-state index in [0.717, 1.165) is 121 Å². The molecule has 0 aliphatic rings. The first-order valence-corrected chi connectivity index (χ1v) is 26.0. The Morgan fingerprint density at radius 1 is 0.452 bits per heavy atom. The van der Waals surface area contributed by atoms with Crippen molar-refractivity contribution in [2.24, 2.45) is 0 Å². The van der Waals surface area contributed by atoms with E-state index >= 15 is 0 Å². The summed E-state index contributed by atoms with van der Waals surface area (Å²) in [5, 5.41) is 0. The number of hydrogen-bond donors (Lipinski definition) is 0.